The van der Waals surface area contributed by atoms with Crippen LogP contribution in [0, 0.1) is 5.92 Å². The predicted octanol–water partition coefficient (Wildman–Crippen LogP) is -0.362. The molecule has 1 aliphatic rings. The van der Waals surface area contributed by atoms with Gasteiger partial charge in [0.05, 0.1) is 5.75 Å². The molecule has 8 nitrogen and oxygen atoms in total. The molecule has 144 valence electrons. The maximum Gasteiger partial charge on any atom is 0.250 e. The zero-order chi connectivity index (χ0) is 19.2. The van der Waals surface area contributed by atoms with E-state index < -0.39 is 9.84 Å². The minimum absolute atomic E-state index is 0.0114. The van der Waals surface area contributed by atoms with Crippen LogP contribution in [0.25, 0.3) is 0 Å². The molecular weight excluding hydrogens is 358 g/mol. The molecule has 0 aromatic carbocycles. The number of likely N-dealkylation sites (tertiary alicyclic amines) is 1. The highest BCUT2D eigenvalue weighted by atomic mass is 32.2. The van der Waals surface area contributed by atoms with Gasteiger partial charge in [-0.15, -0.1) is 0 Å². The normalized spacial score (nSPS) is 15.7. The molecule has 0 unspecified atom stereocenters. The van der Waals surface area contributed by atoms with Crippen molar-refractivity contribution in [2.45, 2.75) is 25.8 Å². The first-order valence-corrected chi connectivity index (χ1v) is 10.7. The minimum atomic E-state index is -3.13. The second kappa shape index (κ2) is 8.98. The van der Waals surface area contributed by atoms with Crippen molar-refractivity contribution >= 4 is 21.7 Å². The molecule has 0 spiro atoms. The van der Waals surface area contributed by atoms with Crippen LogP contribution >= 0.6 is 0 Å². The Balaban J connectivity index is 1.70. The summed E-state index contributed by atoms with van der Waals surface area (Å²) < 4.78 is 23.6. The van der Waals surface area contributed by atoms with E-state index in [1.807, 2.05) is 0 Å². The number of nitrogens with one attached hydrogen (secondary N) is 1. The third-order valence-corrected chi connectivity index (χ3v) is 5.40. The van der Waals surface area contributed by atoms with E-state index >= 15 is 0 Å². The van der Waals surface area contributed by atoms with Crippen molar-refractivity contribution in [3.63, 3.8) is 0 Å². The summed E-state index contributed by atoms with van der Waals surface area (Å²) in [6, 6.07) is 4.73. The molecule has 1 aliphatic heterocycles. The third kappa shape index (κ3) is 6.62. The molecule has 2 amide bonds. The van der Waals surface area contributed by atoms with E-state index in [-0.39, 0.29) is 42.0 Å². The molecule has 0 saturated carbocycles. The van der Waals surface area contributed by atoms with Gasteiger partial charge in [-0.05, 0) is 24.8 Å². The third-order valence-electron chi connectivity index (χ3n) is 4.45. The van der Waals surface area contributed by atoms with Crippen LogP contribution in [0.2, 0.25) is 0 Å². The van der Waals surface area contributed by atoms with Gasteiger partial charge in [-0.3, -0.25) is 14.4 Å². The van der Waals surface area contributed by atoms with Crippen LogP contribution < -0.4 is 10.9 Å². The highest BCUT2D eigenvalue weighted by Gasteiger charge is 2.23. The van der Waals surface area contributed by atoms with Crippen molar-refractivity contribution in [3.8, 4) is 0 Å². The fraction of sp³-hybridized carbons (Fsp3) is 0.588. The lowest BCUT2D eigenvalue weighted by molar-refractivity contribution is -0.132. The van der Waals surface area contributed by atoms with Gasteiger partial charge in [0.1, 0.15) is 16.4 Å². The number of rotatable bonds is 7. The number of nitrogens with zero attached hydrogens (tertiary/aromatic N) is 2. The van der Waals surface area contributed by atoms with E-state index in [1.165, 1.54) is 10.6 Å². The Morgan fingerprint density at radius 1 is 1.23 bits per heavy atom. The van der Waals surface area contributed by atoms with Gasteiger partial charge in [0.25, 0.3) is 5.56 Å². The fourth-order valence-electron chi connectivity index (χ4n) is 2.88. The van der Waals surface area contributed by atoms with Gasteiger partial charge in [0.2, 0.25) is 11.8 Å². The Morgan fingerprint density at radius 2 is 1.92 bits per heavy atom. The Hall–Kier alpha value is -2.16. The Kier molecular flexibility index (Phi) is 6.96. The van der Waals surface area contributed by atoms with Crippen molar-refractivity contribution in [2.75, 3.05) is 31.6 Å². The Morgan fingerprint density at radius 3 is 2.54 bits per heavy atom. The smallest absolute Gasteiger partial charge is 0.250 e. The van der Waals surface area contributed by atoms with Gasteiger partial charge >= 0.3 is 0 Å². The summed E-state index contributed by atoms with van der Waals surface area (Å²) in [6.45, 7) is 1.64. The van der Waals surface area contributed by atoms with Gasteiger partial charge in [-0.2, -0.15) is 0 Å². The molecular formula is C17H25N3O5S. The van der Waals surface area contributed by atoms with E-state index in [9.17, 15) is 22.8 Å². The number of aromatic nitrogens is 1. The van der Waals surface area contributed by atoms with Crippen LogP contribution in [-0.2, 0) is 26.0 Å². The lowest BCUT2D eigenvalue weighted by atomic mass is 9.96. The number of piperidine rings is 1. The summed E-state index contributed by atoms with van der Waals surface area (Å²) in [5, 5.41) is 2.84. The van der Waals surface area contributed by atoms with Gasteiger partial charge in [0, 0.05) is 44.6 Å². The number of hydrogen-bond donors (Lipinski definition) is 1. The first kappa shape index (κ1) is 20.2. The molecule has 1 aromatic rings. The maximum absolute atomic E-state index is 12.0. The van der Waals surface area contributed by atoms with Crippen molar-refractivity contribution in [3.05, 3.63) is 34.7 Å². The number of hydrogen-bond acceptors (Lipinski definition) is 5. The van der Waals surface area contributed by atoms with Crippen molar-refractivity contribution in [1.29, 1.82) is 0 Å². The molecule has 9 heteroatoms. The van der Waals surface area contributed by atoms with Gasteiger partial charge in [-0.25, -0.2) is 8.42 Å². The average molecular weight is 383 g/mol. The van der Waals surface area contributed by atoms with Gasteiger partial charge in [-0.1, -0.05) is 6.07 Å². The molecule has 2 heterocycles. The monoisotopic (exact) mass is 383 g/mol. The van der Waals surface area contributed by atoms with Gasteiger partial charge in [0.15, 0.2) is 0 Å². The van der Waals surface area contributed by atoms with Crippen LogP contribution in [0.5, 0.6) is 0 Å². The topological polar surface area (TPSA) is 106 Å². The molecule has 1 N–H and O–H groups in total. The van der Waals surface area contributed by atoms with Crippen molar-refractivity contribution in [1.82, 2.24) is 14.8 Å². The highest BCUT2D eigenvalue weighted by molar-refractivity contribution is 7.90. The number of amides is 2. The lowest BCUT2D eigenvalue weighted by Gasteiger charge is -2.32. The molecule has 0 bridgehead atoms. The van der Waals surface area contributed by atoms with E-state index in [0.29, 0.717) is 19.6 Å². The molecule has 1 saturated heterocycles. The summed E-state index contributed by atoms with van der Waals surface area (Å²) >= 11 is 0. The first-order valence-electron chi connectivity index (χ1n) is 8.62. The van der Waals surface area contributed by atoms with Crippen LogP contribution in [0.4, 0.5) is 0 Å². The average Bonchev–Trinajstić information content (AvgIpc) is 2.60. The molecule has 1 aromatic heterocycles. The van der Waals surface area contributed by atoms with Crippen molar-refractivity contribution < 1.29 is 18.0 Å². The lowest BCUT2D eigenvalue weighted by Crippen LogP contribution is -2.42. The zero-order valence-corrected chi connectivity index (χ0v) is 15.7. The zero-order valence-electron chi connectivity index (χ0n) is 14.9. The summed E-state index contributed by atoms with van der Waals surface area (Å²) in [6.07, 6.45) is 4.24. The molecule has 2 rings (SSSR count). The van der Waals surface area contributed by atoms with Crippen molar-refractivity contribution in [2.24, 2.45) is 5.92 Å². The van der Waals surface area contributed by atoms with E-state index in [2.05, 4.69) is 5.32 Å². The van der Waals surface area contributed by atoms with Crippen LogP contribution in [0.15, 0.2) is 29.2 Å². The summed E-state index contributed by atoms with van der Waals surface area (Å²) in [5.74, 6) is -0.211. The second-order valence-corrected chi connectivity index (χ2v) is 8.93. The Labute approximate surface area is 153 Å². The minimum Gasteiger partial charge on any atom is -0.354 e. The quantitative estimate of drug-likeness (QED) is 0.692. The molecule has 0 atom stereocenters. The summed E-state index contributed by atoms with van der Waals surface area (Å²) in [4.78, 5) is 37.3. The maximum atomic E-state index is 12.0. The van der Waals surface area contributed by atoms with Gasteiger partial charge < -0.3 is 14.8 Å². The fourth-order valence-corrected chi connectivity index (χ4v) is 3.42. The van der Waals surface area contributed by atoms with E-state index in [0.717, 1.165) is 19.1 Å². The number of carbonyl (C=O) groups excluding carboxylic acids is 2. The number of pyridine rings is 1. The van der Waals surface area contributed by atoms with Crippen LogP contribution in [0.3, 0.4) is 0 Å². The molecule has 0 aliphatic carbocycles. The number of sulfone groups is 1. The molecule has 26 heavy (non-hydrogen) atoms. The van der Waals surface area contributed by atoms with Crippen LogP contribution in [-0.4, -0.2) is 61.3 Å². The van der Waals surface area contributed by atoms with E-state index in [1.54, 1.807) is 23.2 Å². The standard InChI is InChI=1S/C17H25N3O5S/c1-26(24,25)11-7-17(23)19-9-5-14(6-10-19)12-18-15(21)13-20-8-3-2-4-16(20)22/h2-4,8,14H,5-7,9-13H2,1H3,(H,18,21). The summed E-state index contributed by atoms with van der Waals surface area (Å²) in [5.41, 5.74) is -0.219. The summed E-state index contributed by atoms with van der Waals surface area (Å²) in [7, 11) is -3.13. The first-order chi connectivity index (χ1) is 12.2. The number of carbonyl (C=O) groups is 2. The second-order valence-electron chi connectivity index (χ2n) is 6.67. The van der Waals surface area contributed by atoms with Crippen LogP contribution in [0.1, 0.15) is 19.3 Å². The molecule has 1 fully saturated rings. The SMILES string of the molecule is CS(=O)(=O)CCC(=O)N1CCC(CNC(=O)Cn2ccccc2=O)CC1. The Bertz CT molecular complexity index is 795. The van der Waals surface area contributed by atoms with E-state index in [4.69, 9.17) is 0 Å². The largest absolute Gasteiger partial charge is 0.354 e. The highest BCUT2D eigenvalue weighted by Crippen LogP contribution is 2.17. The molecule has 0 radical (unpaired) electrons. The predicted molar refractivity (Wildman–Crippen MR) is 97.3 cm³/mol.